The molecule has 2 aromatic carbocycles. The van der Waals surface area contributed by atoms with Crippen LogP contribution in [0.25, 0.3) is 6.08 Å². The second-order valence-electron chi connectivity index (χ2n) is 7.37. The van der Waals surface area contributed by atoms with E-state index in [1.54, 1.807) is 6.08 Å². The number of benzene rings is 2. The highest BCUT2D eigenvalue weighted by molar-refractivity contribution is 5.86. The van der Waals surface area contributed by atoms with Crippen LogP contribution in [0.2, 0.25) is 0 Å². The lowest BCUT2D eigenvalue weighted by Crippen LogP contribution is -2.32. The Bertz CT molecular complexity index is 843. The molecule has 148 valence electrons. The molecular weight excluding hydrogens is 350 g/mol. The van der Waals surface area contributed by atoms with Crippen LogP contribution in [0, 0.1) is 6.92 Å². The van der Waals surface area contributed by atoms with Crippen LogP contribution in [-0.4, -0.2) is 42.8 Å². The Morgan fingerprint density at radius 3 is 2.86 bits per heavy atom. The molecule has 0 aromatic heterocycles. The molecule has 4 nitrogen and oxygen atoms in total. The fourth-order valence-electron chi connectivity index (χ4n) is 4.02. The summed E-state index contributed by atoms with van der Waals surface area (Å²) >= 11 is 0. The lowest BCUT2D eigenvalue weighted by Gasteiger charge is -2.29. The smallest absolute Gasteiger partial charge is 0.330 e. The lowest BCUT2D eigenvalue weighted by atomic mass is 10.0. The van der Waals surface area contributed by atoms with E-state index in [0.29, 0.717) is 12.6 Å². The number of methoxy groups -OCH3 is 1. The number of hydrogen-bond donors (Lipinski definition) is 1. The van der Waals surface area contributed by atoms with Crippen molar-refractivity contribution in [1.82, 2.24) is 4.90 Å². The first-order chi connectivity index (χ1) is 13.6. The molecule has 1 unspecified atom stereocenters. The molecular formula is C24H29NO3. The molecule has 1 atom stereocenters. The summed E-state index contributed by atoms with van der Waals surface area (Å²) in [6.45, 7) is 3.89. The van der Waals surface area contributed by atoms with Crippen molar-refractivity contribution in [2.75, 3.05) is 26.8 Å². The predicted octanol–water partition coefficient (Wildman–Crippen LogP) is 3.71. The number of esters is 1. The normalized spacial score (nSPS) is 15.9. The third-order valence-electron chi connectivity index (χ3n) is 5.42. The van der Waals surface area contributed by atoms with Gasteiger partial charge in [0.05, 0.1) is 13.7 Å². The molecule has 0 bridgehead atoms. The number of hydrogen-bond acceptors (Lipinski definition) is 4. The van der Waals surface area contributed by atoms with Crippen LogP contribution in [0.4, 0.5) is 0 Å². The van der Waals surface area contributed by atoms with Crippen LogP contribution in [0.5, 0.6) is 0 Å². The Balaban J connectivity index is 1.72. The molecule has 0 heterocycles. The molecule has 0 saturated carbocycles. The summed E-state index contributed by atoms with van der Waals surface area (Å²) in [5.74, 6) is -0.344. The van der Waals surface area contributed by atoms with Crippen molar-refractivity contribution in [1.29, 1.82) is 0 Å². The quantitative estimate of drug-likeness (QED) is 0.561. The van der Waals surface area contributed by atoms with Gasteiger partial charge in [-0.25, -0.2) is 4.79 Å². The van der Waals surface area contributed by atoms with Crippen molar-refractivity contribution in [3.63, 3.8) is 0 Å². The van der Waals surface area contributed by atoms with Crippen molar-refractivity contribution < 1.29 is 14.6 Å². The highest BCUT2D eigenvalue weighted by Crippen LogP contribution is 2.36. The average molecular weight is 380 g/mol. The molecule has 3 rings (SSSR count). The van der Waals surface area contributed by atoms with Gasteiger partial charge in [0.15, 0.2) is 0 Å². The Labute approximate surface area is 167 Å². The Morgan fingerprint density at radius 1 is 1.25 bits per heavy atom. The van der Waals surface area contributed by atoms with E-state index in [9.17, 15) is 9.90 Å². The summed E-state index contributed by atoms with van der Waals surface area (Å²) in [7, 11) is 1.38. The monoisotopic (exact) mass is 379 g/mol. The largest absolute Gasteiger partial charge is 0.466 e. The van der Waals surface area contributed by atoms with Gasteiger partial charge in [-0.05, 0) is 54.5 Å². The molecule has 0 aliphatic heterocycles. The summed E-state index contributed by atoms with van der Waals surface area (Å²) in [5, 5.41) is 9.58. The number of aryl methyl sites for hydroxylation is 2. The maximum absolute atomic E-state index is 11.3. The van der Waals surface area contributed by atoms with Crippen molar-refractivity contribution in [3.8, 4) is 0 Å². The van der Waals surface area contributed by atoms with E-state index in [1.165, 1.54) is 35.4 Å². The molecule has 0 amide bonds. The van der Waals surface area contributed by atoms with Crippen LogP contribution >= 0.6 is 0 Å². The summed E-state index contributed by atoms with van der Waals surface area (Å²) < 4.78 is 4.65. The van der Waals surface area contributed by atoms with E-state index >= 15 is 0 Å². The molecule has 0 spiro atoms. The van der Waals surface area contributed by atoms with Gasteiger partial charge in [-0.3, -0.25) is 4.90 Å². The van der Waals surface area contributed by atoms with E-state index in [1.807, 2.05) is 6.07 Å². The molecule has 1 aliphatic carbocycles. The van der Waals surface area contributed by atoms with Gasteiger partial charge in [0.25, 0.3) is 0 Å². The van der Waals surface area contributed by atoms with Crippen LogP contribution in [0.15, 0.2) is 48.5 Å². The van der Waals surface area contributed by atoms with E-state index in [-0.39, 0.29) is 12.6 Å². The Morgan fingerprint density at radius 2 is 2.11 bits per heavy atom. The van der Waals surface area contributed by atoms with E-state index in [0.717, 1.165) is 31.4 Å². The van der Waals surface area contributed by atoms with Gasteiger partial charge in [0, 0.05) is 25.2 Å². The zero-order valence-electron chi connectivity index (χ0n) is 16.7. The second-order valence-corrected chi connectivity index (χ2v) is 7.37. The van der Waals surface area contributed by atoms with Gasteiger partial charge in [0.2, 0.25) is 0 Å². The van der Waals surface area contributed by atoms with Crippen molar-refractivity contribution >= 4 is 12.0 Å². The number of nitrogens with zero attached hydrogens (tertiary/aromatic N) is 1. The van der Waals surface area contributed by atoms with E-state index in [2.05, 4.69) is 53.0 Å². The molecule has 1 aliphatic rings. The molecule has 0 fully saturated rings. The Kier molecular flexibility index (Phi) is 7.01. The maximum Gasteiger partial charge on any atom is 0.330 e. The number of aliphatic hydroxyl groups excluding tert-OH is 1. The molecule has 1 N–H and O–H groups in total. The maximum atomic E-state index is 11.3. The van der Waals surface area contributed by atoms with Crippen molar-refractivity contribution in [3.05, 3.63) is 76.4 Å². The van der Waals surface area contributed by atoms with Gasteiger partial charge in [-0.15, -0.1) is 0 Å². The predicted molar refractivity (Wildman–Crippen MR) is 112 cm³/mol. The zero-order chi connectivity index (χ0) is 19.9. The summed E-state index contributed by atoms with van der Waals surface area (Å²) in [5.41, 5.74) is 6.30. The van der Waals surface area contributed by atoms with Crippen molar-refractivity contribution in [2.24, 2.45) is 0 Å². The summed E-state index contributed by atoms with van der Waals surface area (Å²) in [6, 6.07) is 15.4. The highest BCUT2D eigenvalue weighted by Gasteiger charge is 2.27. The van der Waals surface area contributed by atoms with Crippen LogP contribution in [0.3, 0.4) is 0 Å². The first-order valence-electron chi connectivity index (χ1n) is 9.90. The van der Waals surface area contributed by atoms with Gasteiger partial charge < -0.3 is 9.84 Å². The molecule has 28 heavy (non-hydrogen) atoms. The minimum atomic E-state index is -0.344. The number of aliphatic hydroxyl groups is 1. The lowest BCUT2D eigenvalue weighted by molar-refractivity contribution is -0.134. The number of fused-ring (bicyclic) bond motifs is 1. The Hall–Kier alpha value is -2.43. The van der Waals surface area contributed by atoms with Gasteiger partial charge in [-0.2, -0.15) is 0 Å². The number of rotatable bonds is 8. The van der Waals surface area contributed by atoms with Crippen LogP contribution < -0.4 is 0 Å². The SMILES string of the molecule is COC(=O)C=Cc1ccc2c(c1)CCC2N(CCO)CCc1cccc(C)c1. The molecule has 2 aromatic rings. The first kappa shape index (κ1) is 20.3. The van der Waals surface area contributed by atoms with Crippen molar-refractivity contribution in [2.45, 2.75) is 32.2 Å². The summed E-state index contributed by atoms with van der Waals surface area (Å²) in [4.78, 5) is 13.7. The van der Waals surface area contributed by atoms with Crippen LogP contribution in [-0.2, 0) is 22.4 Å². The number of carbonyl (C=O) groups excluding carboxylic acids is 1. The number of ether oxygens (including phenoxy) is 1. The zero-order valence-corrected chi connectivity index (χ0v) is 16.7. The molecule has 0 saturated heterocycles. The minimum absolute atomic E-state index is 0.166. The van der Waals surface area contributed by atoms with Gasteiger partial charge in [-0.1, -0.05) is 48.0 Å². The fourth-order valence-corrected chi connectivity index (χ4v) is 4.02. The van der Waals surface area contributed by atoms with E-state index < -0.39 is 0 Å². The summed E-state index contributed by atoms with van der Waals surface area (Å²) in [6.07, 6.45) is 6.31. The van der Waals surface area contributed by atoms with Gasteiger partial charge >= 0.3 is 5.97 Å². The number of carbonyl (C=O) groups is 1. The van der Waals surface area contributed by atoms with Crippen LogP contribution in [0.1, 0.15) is 40.3 Å². The highest BCUT2D eigenvalue weighted by atomic mass is 16.5. The first-order valence-corrected chi connectivity index (χ1v) is 9.90. The standard InChI is InChI=1S/C24H29NO3/c1-18-4-3-5-19(16-18)12-13-25(14-15-26)23-10-8-21-17-20(6-9-22(21)23)7-11-24(27)28-2/h3-7,9,11,16-17,23,26H,8,10,12-15H2,1-2H3. The second kappa shape index (κ2) is 9.67. The fraction of sp³-hybridized carbons (Fsp3) is 0.375. The third-order valence-corrected chi connectivity index (χ3v) is 5.42. The minimum Gasteiger partial charge on any atom is -0.466 e. The van der Waals surface area contributed by atoms with E-state index in [4.69, 9.17) is 0 Å². The third kappa shape index (κ3) is 5.09. The topological polar surface area (TPSA) is 49.8 Å². The molecule has 4 heteroatoms. The van der Waals surface area contributed by atoms with Gasteiger partial charge in [0.1, 0.15) is 0 Å². The average Bonchev–Trinajstić information content (AvgIpc) is 3.12. The molecule has 0 radical (unpaired) electrons.